The molecule has 112 valence electrons. The van der Waals surface area contributed by atoms with Crippen LogP contribution in [0.4, 0.5) is 5.69 Å². The van der Waals surface area contributed by atoms with E-state index in [4.69, 9.17) is 11.6 Å². The van der Waals surface area contributed by atoms with Crippen LogP contribution < -0.4 is 4.72 Å². The van der Waals surface area contributed by atoms with Gasteiger partial charge in [-0.25, -0.2) is 13.1 Å². The lowest BCUT2D eigenvalue weighted by molar-refractivity contribution is -0.384. The Labute approximate surface area is 123 Å². The second kappa shape index (κ2) is 6.07. The van der Waals surface area contributed by atoms with E-state index in [2.05, 4.69) is 4.72 Å². The van der Waals surface area contributed by atoms with Crippen LogP contribution in [-0.2, 0) is 10.0 Å². The number of sulfonamides is 1. The molecule has 0 fully saturated rings. The molecule has 20 heavy (non-hydrogen) atoms. The summed E-state index contributed by atoms with van der Waals surface area (Å²) in [7, 11) is -3.77. The maximum atomic E-state index is 12.0. The lowest BCUT2D eigenvalue weighted by atomic mass is 9.93. The molecule has 0 aliphatic carbocycles. The summed E-state index contributed by atoms with van der Waals surface area (Å²) in [5, 5.41) is 10.7. The predicted molar refractivity (Wildman–Crippen MR) is 77.4 cm³/mol. The number of rotatable bonds is 5. The maximum absolute atomic E-state index is 12.0. The van der Waals surface area contributed by atoms with Crippen molar-refractivity contribution < 1.29 is 13.3 Å². The van der Waals surface area contributed by atoms with E-state index in [0.29, 0.717) is 6.42 Å². The normalized spacial score (nSPS) is 12.4. The molecule has 0 atom stereocenters. The number of nitrogens with zero attached hydrogens (tertiary/aromatic N) is 1. The zero-order chi connectivity index (χ0) is 15.6. The molecule has 6 nitrogen and oxygen atoms in total. The van der Waals surface area contributed by atoms with E-state index in [1.54, 1.807) is 0 Å². The molecular formula is C12H17ClN2O4S. The molecule has 1 aromatic rings. The second-order valence-electron chi connectivity index (χ2n) is 5.58. The van der Waals surface area contributed by atoms with Crippen molar-refractivity contribution in [2.45, 2.75) is 32.1 Å². The Kier molecular flexibility index (Phi) is 5.12. The monoisotopic (exact) mass is 320 g/mol. The molecule has 0 amide bonds. The van der Waals surface area contributed by atoms with Gasteiger partial charge in [-0.05, 0) is 24.0 Å². The summed E-state index contributed by atoms with van der Waals surface area (Å²) in [5.74, 6) is 0. The smallest absolute Gasteiger partial charge is 0.258 e. The molecule has 0 aromatic heterocycles. The third-order valence-electron chi connectivity index (χ3n) is 2.59. The SMILES string of the molecule is CC(C)(C)CCNS(=O)(=O)c1ccc(Cl)c([N+](=O)[O-])c1. The van der Waals surface area contributed by atoms with E-state index in [-0.39, 0.29) is 21.9 Å². The maximum Gasteiger partial charge on any atom is 0.289 e. The van der Waals surface area contributed by atoms with Gasteiger partial charge in [-0.15, -0.1) is 0 Å². The van der Waals surface area contributed by atoms with Gasteiger partial charge in [-0.2, -0.15) is 0 Å². The van der Waals surface area contributed by atoms with Crippen molar-refractivity contribution >= 4 is 27.3 Å². The third-order valence-corrected chi connectivity index (χ3v) is 4.37. The average Bonchev–Trinajstić information content (AvgIpc) is 2.26. The van der Waals surface area contributed by atoms with Crippen LogP contribution in [0.2, 0.25) is 5.02 Å². The summed E-state index contributed by atoms with van der Waals surface area (Å²) in [5.41, 5.74) is -0.431. The highest BCUT2D eigenvalue weighted by Crippen LogP contribution is 2.27. The number of hydrogen-bond acceptors (Lipinski definition) is 4. The minimum atomic E-state index is -3.77. The van der Waals surface area contributed by atoms with Crippen molar-refractivity contribution in [2.24, 2.45) is 5.41 Å². The van der Waals surface area contributed by atoms with Crippen LogP contribution in [-0.4, -0.2) is 19.9 Å². The van der Waals surface area contributed by atoms with Crippen LogP contribution in [0.1, 0.15) is 27.2 Å². The molecule has 0 bridgehead atoms. The van der Waals surface area contributed by atoms with Crippen molar-refractivity contribution in [3.63, 3.8) is 0 Å². The summed E-state index contributed by atoms with van der Waals surface area (Å²) in [6.07, 6.45) is 0.655. The Morgan fingerprint density at radius 2 is 1.95 bits per heavy atom. The number of halogens is 1. The summed E-state index contributed by atoms with van der Waals surface area (Å²) in [6.45, 7) is 6.25. The van der Waals surface area contributed by atoms with Gasteiger partial charge in [0.25, 0.3) is 5.69 Å². The lowest BCUT2D eigenvalue weighted by Crippen LogP contribution is -2.27. The van der Waals surface area contributed by atoms with E-state index in [9.17, 15) is 18.5 Å². The van der Waals surface area contributed by atoms with Gasteiger partial charge < -0.3 is 0 Å². The number of nitro groups is 1. The first-order chi connectivity index (χ1) is 9.03. The van der Waals surface area contributed by atoms with Crippen molar-refractivity contribution in [3.05, 3.63) is 33.3 Å². The van der Waals surface area contributed by atoms with Gasteiger partial charge >= 0.3 is 0 Å². The fourth-order valence-electron chi connectivity index (χ4n) is 1.44. The molecule has 0 saturated heterocycles. The summed E-state index contributed by atoms with van der Waals surface area (Å²) >= 11 is 5.65. The molecular weight excluding hydrogens is 304 g/mol. The van der Waals surface area contributed by atoms with Crippen molar-refractivity contribution in [1.29, 1.82) is 0 Å². The van der Waals surface area contributed by atoms with Gasteiger partial charge in [0.2, 0.25) is 10.0 Å². The van der Waals surface area contributed by atoms with Crippen LogP contribution in [0.3, 0.4) is 0 Å². The first-order valence-corrected chi connectivity index (χ1v) is 7.83. The fraction of sp³-hybridized carbons (Fsp3) is 0.500. The quantitative estimate of drug-likeness (QED) is 0.667. The highest BCUT2D eigenvalue weighted by Gasteiger charge is 2.21. The van der Waals surface area contributed by atoms with Gasteiger partial charge in [0.05, 0.1) is 9.82 Å². The Morgan fingerprint density at radius 1 is 1.35 bits per heavy atom. The minimum absolute atomic E-state index is 0.00544. The zero-order valence-corrected chi connectivity index (χ0v) is 13.1. The molecule has 0 aliphatic rings. The Balaban J connectivity index is 2.93. The number of hydrogen-bond donors (Lipinski definition) is 1. The Hall–Kier alpha value is -1.18. The van der Waals surface area contributed by atoms with Gasteiger partial charge in [0.15, 0.2) is 0 Å². The lowest BCUT2D eigenvalue weighted by Gasteiger charge is -2.18. The number of benzene rings is 1. The van der Waals surface area contributed by atoms with E-state index in [0.717, 1.165) is 6.07 Å². The molecule has 1 aromatic carbocycles. The van der Waals surface area contributed by atoms with Crippen LogP contribution in [0.25, 0.3) is 0 Å². The van der Waals surface area contributed by atoms with Crippen molar-refractivity contribution in [2.75, 3.05) is 6.54 Å². The standard InChI is InChI=1S/C12H17ClN2O4S/c1-12(2,3)6-7-14-20(18,19)9-4-5-10(13)11(8-9)15(16)17/h4-5,8,14H,6-7H2,1-3H3. The molecule has 1 rings (SSSR count). The third kappa shape index (κ3) is 4.73. The summed E-state index contributed by atoms with van der Waals surface area (Å²) < 4.78 is 26.5. The molecule has 1 N–H and O–H groups in total. The van der Waals surface area contributed by atoms with Crippen LogP contribution in [0.15, 0.2) is 23.1 Å². The second-order valence-corrected chi connectivity index (χ2v) is 7.75. The van der Waals surface area contributed by atoms with Gasteiger partial charge in [0, 0.05) is 12.6 Å². The predicted octanol–water partition coefficient (Wildman–Crippen LogP) is 2.96. The van der Waals surface area contributed by atoms with E-state index >= 15 is 0 Å². The molecule has 0 radical (unpaired) electrons. The molecule has 0 aliphatic heterocycles. The van der Waals surface area contributed by atoms with Gasteiger partial charge in [-0.3, -0.25) is 10.1 Å². The van der Waals surface area contributed by atoms with Crippen molar-refractivity contribution in [1.82, 2.24) is 4.72 Å². The summed E-state index contributed by atoms with van der Waals surface area (Å²) in [4.78, 5) is 9.88. The Bertz CT molecular complexity index is 608. The van der Waals surface area contributed by atoms with Crippen LogP contribution in [0.5, 0.6) is 0 Å². The fourth-order valence-corrected chi connectivity index (χ4v) is 2.68. The van der Waals surface area contributed by atoms with E-state index in [1.807, 2.05) is 20.8 Å². The van der Waals surface area contributed by atoms with E-state index < -0.39 is 20.6 Å². The Morgan fingerprint density at radius 3 is 2.45 bits per heavy atom. The molecule has 8 heteroatoms. The molecule has 0 spiro atoms. The van der Waals surface area contributed by atoms with Crippen LogP contribution in [0, 0.1) is 15.5 Å². The largest absolute Gasteiger partial charge is 0.289 e. The molecule has 0 unspecified atom stereocenters. The summed E-state index contributed by atoms with van der Waals surface area (Å²) in [6, 6.07) is 3.41. The van der Waals surface area contributed by atoms with E-state index in [1.165, 1.54) is 12.1 Å². The van der Waals surface area contributed by atoms with Gasteiger partial charge in [-0.1, -0.05) is 32.4 Å². The highest BCUT2D eigenvalue weighted by atomic mass is 35.5. The van der Waals surface area contributed by atoms with Crippen molar-refractivity contribution in [3.8, 4) is 0 Å². The first kappa shape index (κ1) is 16.9. The highest BCUT2D eigenvalue weighted by molar-refractivity contribution is 7.89. The zero-order valence-electron chi connectivity index (χ0n) is 11.5. The van der Waals surface area contributed by atoms with Crippen LogP contribution >= 0.6 is 11.6 Å². The number of nitro benzene ring substituents is 1. The first-order valence-electron chi connectivity index (χ1n) is 5.96. The molecule has 0 heterocycles. The van der Waals surface area contributed by atoms with Gasteiger partial charge in [0.1, 0.15) is 5.02 Å². The minimum Gasteiger partial charge on any atom is -0.258 e. The topological polar surface area (TPSA) is 89.3 Å². The number of nitrogens with one attached hydrogen (secondary N) is 1. The molecule has 0 saturated carbocycles. The average molecular weight is 321 g/mol.